The van der Waals surface area contributed by atoms with E-state index in [4.69, 9.17) is 10.1 Å². The largest absolute Gasteiger partial charge is 0.399 e. The maximum absolute atomic E-state index is 5.46. The van der Waals surface area contributed by atoms with Crippen LogP contribution >= 0.6 is 12.3 Å². The monoisotopic (exact) mass is 375 g/mol. The lowest BCUT2D eigenvalue weighted by Crippen LogP contribution is -2.40. The van der Waals surface area contributed by atoms with Crippen LogP contribution in [0.3, 0.4) is 0 Å². The molecule has 26 heavy (non-hydrogen) atoms. The summed E-state index contributed by atoms with van der Waals surface area (Å²) in [6.45, 7) is 4.82. The lowest BCUT2D eigenvalue weighted by atomic mass is 9.55. The van der Waals surface area contributed by atoms with Crippen molar-refractivity contribution in [3.63, 3.8) is 0 Å². The molecule has 2 saturated carbocycles. The maximum Gasteiger partial charge on any atom is 0.260 e. The number of aryl methyl sites for hydroxylation is 1. The van der Waals surface area contributed by atoms with Crippen molar-refractivity contribution in [3.8, 4) is 5.75 Å². The smallest absolute Gasteiger partial charge is 0.260 e. The number of hydrogen-bond donors (Lipinski definition) is 1. The molecule has 2 N–H and O–H groups in total. The highest BCUT2D eigenvalue weighted by Gasteiger charge is 2.52. The molecule has 2 fully saturated rings. The van der Waals surface area contributed by atoms with Crippen molar-refractivity contribution in [3.05, 3.63) is 41.0 Å². The zero-order valence-corrected chi connectivity index (χ0v) is 16.5. The van der Waals surface area contributed by atoms with Gasteiger partial charge in [-0.05, 0) is 91.4 Å². The minimum atomic E-state index is 0.452. The first kappa shape index (κ1) is 18.4. The van der Waals surface area contributed by atoms with E-state index in [0.29, 0.717) is 11.3 Å². The van der Waals surface area contributed by atoms with Crippen LogP contribution in [0.1, 0.15) is 69.4 Å². The maximum atomic E-state index is 5.46. The van der Waals surface area contributed by atoms with Crippen molar-refractivity contribution >= 4 is 12.3 Å². The van der Waals surface area contributed by atoms with Gasteiger partial charge in [0.05, 0.1) is 0 Å². The second-order valence-corrected chi connectivity index (χ2v) is 8.66. The molecule has 5 heteroatoms. The summed E-state index contributed by atoms with van der Waals surface area (Å²) in [7, 11) is 0. The van der Waals surface area contributed by atoms with Gasteiger partial charge in [0.1, 0.15) is 5.75 Å². The third-order valence-electron chi connectivity index (χ3n) is 7.19. The van der Waals surface area contributed by atoms with Crippen molar-refractivity contribution < 1.29 is 13.5 Å². The standard InChI is InChI=1S/C21H29NO3S/c1-3-4-15-6-10-20-19-8-5-14-13-16(23-26-25-24-22)7-9-17(14)18(19)11-12-21(15,20)2/h4,7,9,13,18-20H,3,5-6,8,10-12,22H2,1-2H3. The molecule has 142 valence electrons. The molecule has 4 rings (SSSR count). The van der Waals surface area contributed by atoms with E-state index in [1.54, 1.807) is 11.1 Å². The van der Waals surface area contributed by atoms with Gasteiger partial charge in [0, 0.05) is 0 Å². The number of benzene rings is 1. The number of fused-ring (bicyclic) bond motifs is 5. The van der Waals surface area contributed by atoms with E-state index < -0.39 is 0 Å². The van der Waals surface area contributed by atoms with Crippen molar-refractivity contribution in [1.29, 1.82) is 0 Å². The topological polar surface area (TPSA) is 53.7 Å². The molecule has 4 atom stereocenters. The second kappa shape index (κ2) is 7.55. The Hall–Kier alpha value is -1.01. The van der Waals surface area contributed by atoms with E-state index in [-0.39, 0.29) is 0 Å². The SMILES string of the molecule is CCC=C1CCC2C3CCc4cc(OSOON)ccc4C3CCC12C. The summed E-state index contributed by atoms with van der Waals surface area (Å²) in [6, 6.07) is 6.47. The number of hydrogen-bond acceptors (Lipinski definition) is 5. The van der Waals surface area contributed by atoms with Gasteiger partial charge in [-0.3, -0.25) is 0 Å². The lowest BCUT2D eigenvalue weighted by molar-refractivity contribution is -0.199. The summed E-state index contributed by atoms with van der Waals surface area (Å²) in [4.78, 5) is 4.06. The number of allylic oxidation sites excluding steroid dienone is 2. The molecule has 3 aliphatic rings. The van der Waals surface area contributed by atoms with Gasteiger partial charge in [-0.15, -0.1) is 9.32 Å². The molecular weight excluding hydrogens is 346 g/mol. The van der Waals surface area contributed by atoms with Crippen LogP contribution in [-0.4, -0.2) is 0 Å². The van der Waals surface area contributed by atoms with Gasteiger partial charge in [0.25, 0.3) is 12.3 Å². The van der Waals surface area contributed by atoms with Crippen molar-refractivity contribution in [1.82, 2.24) is 0 Å². The van der Waals surface area contributed by atoms with E-state index in [0.717, 1.165) is 36.3 Å². The van der Waals surface area contributed by atoms with E-state index in [1.807, 2.05) is 6.07 Å². The molecular formula is C21H29NO3S. The molecule has 0 bridgehead atoms. The van der Waals surface area contributed by atoms with Crippen LogP contribution in [0.5, 0.6) is 5.75 Å². The van der Waals surface area contributed by atoms with Crippen LogP contribution < -0.4 is 10.1 Å². The molecule has 3 aliphatic carbocycles. The van der Waals surface area contributed by atoms with E-state index in [9.17, 15) is 0 Å². The molecule has 0 heterocycles. The fourth-order valence-electron chi connectivity index (χ4n) is 6.11. The van der Waals surface area contributed by atoms with Crippen LogP contribution in [0.25, 0.3) is 0 Å². The molecule has 0 aromatic heterocycles. The Bertz CT molecular complexity index is 692. The molecule has 1 aromatic rings. The predicted molar refractivity (Wildman–Crippen MR) is 104 cm³/mol. The zero-order chi connectivity index (χ0) is 18.1. The highest BCUT2D eigenvalue weighted by Crippen LogP contribution is 2.62. The molecule has 0 amide bonds. The van der Waals surface area contributed by atoms with Crippen molar-refractivity contribution in [2.24, 2.45) is 23.1 Å². The average Bonchev–Trinajstić information content (AvgIpc) is 2.98. The van der Waals surface area contributed by atoms with Gasteiger partial charge >= 0.3 is 0 Å². The summed E-state index contributed by atoms with van der Waals surface area (Å²) in [6.07, 6.45) is 11.5. The first-order chi connectivity index (χ1) is 12.7. The van der Waals surface area contributed by atoms with E-state index >= 15 is 0 Å². The highest BCUT2D eigenvalue weighted by atomic mass is 32.2. The molecule has 4 nitrogen and oxygen atoms in total. The van der Waals surface area contributed by atoms with Gasteiger partial charge in [0.15, 0.2) is 0 Å². The predicted octanol–water partition coefficient (Wildman–Crippen LogP) is 5.64. The van der Waals surface area contributed by atoms with Gasteiger partial charge in [-0.25, -0.2) is 0 Å². The fraction of sp³-hybridized carbons (Fsp3) is 0.619. The van der Waals surface area contributed by atoms with Crippen LogP contribution in [0.2, 0.25) is 0 Å². The third-order valence-corrected chi connectivity index (χ3v) is 7.59. The first-order valence-corrected chi connectivity index (χ1v) is 10.5. The van der Waals surface area contributed by atoms with Gasteiger partial charge in [-0.1, -0.05) is 31.6 Å². The Kier molecular flexibility index (Phi) is 5.33. The first-order valence-electron chi connectivity index (χ1n) is 9.86. The van der Waals surface area contributed by atoms with Crippen LogP contribution in [-0.2, 0) is 15.7 Å². The zero-order valence-electron chi connectivity index (χ0n) is 15.7. The Morgan fingerprint density at radius 2 is 2.15 bits per heavy atom. The van der Waals surface area contributed by atoms with E-state index in [1.165, 1.54) is 44.1 Å². The Balaban J connectivity index is 1.55. The average molecular weight is 376 g/mol. The van der Waals surface area contributed by atoms with Gasteiger partial charge in [-0.2, -0.15) is 5.90 Å². The van der Waals surface area contributed by atoms with E-state index in [2.05, 4.69) is 41.4 Å². The summed E-state index contributed by atoms with van der Waals surface area (Å²) >= 11 is 0.743. The summed E-state index contributed by atoms with van der Waals surface area (Å²) in [5, 5.41) is 0. The quantitative estimate of drug-likeness (QED) is 0.237. The lowest BCUT2D eigenvalue weighted by Gasteiger charge is -2.49. The van der Waals surface area contributed by atoms with Gasteiger partial charge < -0.3 is 4.18 Å². The second-order valence-electron chi connectivity index (χ2n) is 8.22. The molecule has 1 aromatic carbocycles. The van der Waals surface area contributed by atoms with Gasteiger partial charge in [0.2, 0.25) is 0 Å². The van der Waals surface area contributed by atoms with Crippen LogP contribution in [0.15, 0.2) is 29.8 Å². The third kappa shape index (κ3) is 3.09. The fourth-order valence-corrected chi connectivity index (χ4v) is 6.35. The Morgan fingerprint density at radius 1 is 1.27 bits per heavy atom. The Labute approximate surface area is 160 Å². The molecule has 0 saturated heterocycles. The highest BCUT2D eigenvalue weighted by molar-refractivity contribution is 7.90. The van der Waals surface area contributed by atoms with Crippen LogP contribution in [0, 0.1) is 17.3 Å². The van der Waals surface area contributed by atoms with Crippen molar-refractivity contribution in [2.75, 3.05) is 0 Å². The van der Waals surface area contributed by atoms with Crippen LogP contribution in [0.4, 0.5) is 0 Å². The van der Waals surface area contributed by atoms with Crippen molar-refractivity contribution in [2.45, 2.75) is 64.7 Å². The minimum absolute atomic E-state index is 0.452. The normalized spacial score (nSPS) is 34.3. The molecule has 4 unspecified atom stereocenters. The number of nitrogens with two attached hydrogens (primary N) is 1. The number of rotatable bonds is 5. The summed E-state index contributed by atoms with van der Waals surface area (Å²) < 4.78 is 9.98. The Morgan fingerprint density at radius 3 is 2.96 bits per heavy atom. The molecule has 0 spiro atoms. The molecule has 0 radical (unpaired) electrons. The summed E-state index contributed by atoms with van der Waals surface area (Å²) in [5.41, 5.74) is 5.18. The summed E-state index contributed by atoms with van der Waals surface area (Å²) in [5.74, 6) is 8.02. The minimum Gasteiger partial charge on any atom is -0.399 e. The molecule has 0 aliphatic heterocycles.